The van der Waals surface area contributed by atoms with Crippen LogP contribution in [0.15, 0.2) is 70.2 Å². The van der Waals surface area contributed by atoms with Crippen LogP contribution in [0.5, 0.6) is 0 Å². The lowest BCUT2D eigenvalue weighted by molar-refractivity contribution is -0.384. The molecule has 0 fully saturated rings. The zero-order chi connectivity index (χ0) is 20.1. The zero-order valence-electron chi connectivity index (χ0n) is 14.1. The van der Waals surface area contributed by atoms with Crippen molar-refractivity contribution in [2.45, 2.75) is 0 Å². The molecule has 0 atom stereocenters. The third-order valence-electron chi connectivity index (χ3n) is 3.67. The molecule has 2 aromatic carbocycles. The van der Waals surface area contributed by atoms with Crippen LogP contribution in [-0.4, -0.2) is 22.0 Å². The Morgan fingerprint density at radius 1 is 1.00 bits per heavy atom. The molecule has 0 saturated heterocycles. The summed E-state index contributed by atoms with van der Waals surface area (Å²) in [5.41, 5.74) is 2.31. The second kappa shape index (κ2) is 7.91. The van der Waals surface area contributed by atoms with E-state index in [9.17, 15) is 25.0 Å². The highest BCUT2D eigenvalue weighted by atomic mass is 16.6. The molecule has 0 aliphatic carbocycles. The number of carbonyl (C=O) groups excluding carboxylic acids is 1. The quantitative estimate of drug-likeness (QED) is 0.394. The van der Waals surface area contributed by atoms with Gasteiger partial charge in [0.1, 0.15) is 11.5 Å². The van der Waals surface area contributed by atoms with Gasteiger partial charge in [-0.1, -0.05) is 18.2 Å². The van der Waals surface area contributed by atoms with Crippen LogP contribution in [0.1, 0.15) is 16.1 Å². The molecule has 0 radical (unpaired) electrons. The lowest BCUT2D eigenvalue weighted by Gasteiger charge is -1.99. The number of nitrogens with one attached hydrogen (secondary N) is 1. The summed E-state index contributed by atoms with van der Waals surface area (Å²) in [6, 6.07) is 14.4. The van der Waals surface area contributed by atoms with Crippen molar-refractivity contribution in [3.63, 3.8) is 0 Å². The molecule has 3 aromatic rings. The van der Waals surface area contributed by atoms with Crippen LogP contribution in [0.2, 0.25) is 0 Å². The zero-order valence-corrected chi connectivity index (χ0v) is 14.1. The number of benzene rings is 2. The van der Waals surface area contributed by atoms with Crippen molar-refractivity contribution in [1.29, 1.82) is 0 Å². The molecule has 10 nitrogen and oxygen atoms in total. The molecule has 1 aromatic heterocycles. The van der Waals surface area contributed by atoms with E-state index in [1.807, 2.05) is 0 Å². The van der Waals surface area contributed by atoms with Gasteiger partial charge in [0.15, 0.2) is 0 Å². The normalized spacial score (nSPS) is 10.7. The standard InChI is InChI=1S/C18H12N4O6/c23-18(12-4-3-5-13(10-12)21(24)25)20-19-11-14-8-9-17(28-14)15-6-1-2-7-16(15)22(26)27/h1-11H,(H,20,23). The van der Waals surface area contributed by atoms with Gasteiger partial charge in [0.2, 0.25) is 0 Å². The molecule has 10 heteroatoms. The maximum Gasteiger partial charge on any atom is 0.280 e. The molecule has 28 heavy (non-hydrogen) atoms. The average molecular weight is 380 g/mol. The van der Waals surface area contributed by atoms with E-state index >= 15 is 0 Å². The summed E-state index contributed by atoms with van der Waals surface area (Å²) < 4.78 is 5.50. The Bertz CT molecular complexity index is 1090. The fourth-order valence-electron chi connectivity index (χ4n) is 2.39. The molecule has 1 amide bonds. The minimum absolute atomic E-state index is 0.0754. The first-order valence-corrected chi connectivity index (χ1v) is 7.87. The molecule has 0 aliphatic heterocycles. The van der Waals surface area contributed by atoms with Crippen LogP contribution in [0.3, 0.4) is 0 Å². The number of hydrogen-bond donors (Lipinski definition) is 1. The molecule has 0 bridgehead atoms. The van der Waals surface area contributed by atoms with Gasteiger partial charge in [-0.25, -0.2) is 5.43 Å². The molecule has 0 spiro atoms. The predicted octanol–water partition coefficient (Wildman–Crippen LogP) is 3.53. The summed E-state index contributed by atoms with van der Waals surface area (Å²) >= 11 is 0. The highest BCUT2D eigenvalue weighted by Crippen LogP contribution is 2.30. The molecular weight excluding hydrogens is 368 g/mol. The van der Waals surface area contributed by atoms with E-state index in [-0.39, 0.29) is 28.5 Å². The predicted molar refractivity (Wildman–Crippen MR) is 99.0 cm³/mol. The van der Waals surface area contributed by atoms with Crippen molar-refractivity contribution >= 4 is 23.5 Å². The summed E-state index contributed by atoms with van der Waals surface area (Å²) in [7, 11) is 0. The summed E-state index contributed by atoms with van der Waals surface area (Å²) in [6.45, 7) is 0. The van der Waals surface area contributed by atoms with Gasteiger partial charge in [0.25, 0.3) is 17.3 Å². The Balaban J connectivity index is 1.71. The summed E-state index contributed by atoms with van der Waals surface area (Å²) in [4.78, 5) is 32.7. The van der Waals surface area contributed by atoms with Crippen molar-refractivity contribution in [3.8, 4) is 11.3 Å². The van der Waals surface area contributed by atoms with Crippen LogP contribution in [0.25, 0.3) is 11.3 Å². The Morgan fingerprint density at radius 2 is 1.79 bits per heavy atom. The van der Waals surface area contributed by atoms with Crippen LogP contribution in [0.4, 0.5) is 11.4 Å². The third-order valence-corrected chi connectivity index (χ3v) is 3.67. The van der Waals surface area contributed by atoms with E-state index in [1.54, 1.807) is 24.3 Å². The Hall–Kier alpha value is -4.34. The second-order valence-electron chi connectivity index (χ2n) is 5.48. The van der Waals surface area contributed by atoms with Gasteiger partial charge in [-0.3, -0.25) is 25.0 Å². The number of non-ortho nitro benzene ring substituents is 1. The average Bonchev–Trinajstić information content (AvgIpc) is 3.16. The molecule has 0 unspecified atom stereocenters. The first kappa shape index (κ1) is 18.5. The minimum atomic E-state index is -0.634. The number of hydrazone groups is 1. The van der Waals surface area contributed by atoms with Gasteiger partial charge in [0, 0.05) is 23.8 Å². The molecule has 140 valence electrons. The number of nitrogens with zero attached hydrogens (tertiary/aromatic N) is 3. The van der Waals surface area contributed by atoms with Crippen molar-refractivity contribution in [2.24, 2.45) is 5.10 Å². The number of nitro groups is 2. The van der Waals surface area contributed by atoms with Gasteiger partial charge >= 0.3 is 0 Å². The van der Waals surface area contributed by atoms with E-state index in [0.29, 0.717) is 5.56 Å². The van der Waals surface area contributed by atoms with E-state index in [2.05, 4.69) is 10.5 Å². The molecule has 3 rings (SSSR count). The summed E-state index contributed by atoms with van der Waals surface area (Å²) in [6.07, 6.45) is 1.22. The lowest BCUT2D eigenvalue weighted by Crippen LogP contribution is -2.17. The van der Waals surface area contributed by atoms with E-state index in [1.165, 1.54) is 36.5 Å². The van der Waals surface area contributed by atoms with Gasteiger partial charge in [-0.2, -0.15) is 5.10 Å². The van der Waals surface area contributed by atoms with Crippen molar-refractivity contribution < 1.29 is 19.1 Å². The number of rotatable bonds is 6. The number of para-hydroxylation sites is 1. The third kappa shape index (κ3) is 4.07. The lowest BCUT2D eigenvalue weighted by atomic mass is 10.1. The first-order valence-electron chi connectivity index (χ1n) is 7.87. The topological polar surface area (TPSA) is 141 Å². The molecule has 0 aliphatic rings. The van der Waals surface area contributed by atoms with Crippen LogP contribution in [0, 0.1) is 20.2 Å². The van der Waals surface area contributed by atoms with Crippen LogP contribution >= 0.6 is 0 Å². The number of amides is 1. The van der Waals surface area contributed by atoms with Gasteiger partial charge in [-0.15, -0.1) is 0 Å². The smallest absolute Gasteiger partial charge is 0.280 e. The second-order valence-corrected chi connectivity index (χ2v) is 5.48. The van der Waals surface area contributed by atoms with Crippen LogP contribution in [-0.2, 0) is 0 Å². The fourth-order valence-corrected chi connectivity index (χ4v) is 2.39. The number of nitro benzene ring substituents is 2. The summed E-state index contributed by atoms with van der Waals surface area (Å²) in [5, 5.41) is 25.6. The van der Waals surface area contributed by atoms with Crippen LogP contribution < -0.4 is 5.43 Å². The SMILES string of the molecule is O=C(NN=Cc1ccc(-c2ccccc2[N+](=O)[O-])o1)c1cccc([N+](=O)[O-])c1. The van der Waals surface area contributed by atoms with Crippen molar-refractivity contribution in [1.82, 2.24) is 5.43 Å². The number of hydrogen-bond acceptors (Lipinski definition) is 7. The highest BCUT2D eigenvalue weighted by Gasteiger charge is 2.17. The first-order chi connectivity index (χ1) is 13.5. The van der Waals surface area contributed by atoms with Crippen molar-refractivity contribution in [3.05, 3.63) is 92.2 Å². The highest BCUT2D eigenvalue weighted by molar-refractivity contribution is 5.95. The Kier molecular flexibility index (Phi) is 5.21. The Labute approximate surface area is 157 Å². The van der Waals surface area contributed by atoms with E-state index in [0.717, 1.165) is 6.07 Å². The van der Waals surface area contributed by atoms with E-state index < -0.39 is 15.8 Å². The largest absolute Gasteiger partial charge is 0.455 e. The molecule has 1 heterocycles. The molecule has 0 saturated carbocycles. The van der Waals surface area contributed by atoms with Gasteiger partial charge in [0.05, 0.1) is 21.6 Å². The van der Waals surface area contributed by atoms with Gasteiger partial charge < -0.3 is 4.42 Å². The van der Waals surface area contributed by atoms with Gasteiger partial charge in [-0.05, 0) is 24.3 Å². The minimum Gasteiger partial charge on any atom is -0.455 e. The summed E-state index contributed by atoms with van der Waals surface area (Å²) in [5.74, 6) is -0.100. The maximum absolute atomic E-state index is 12.0. The number of carbonyl (C=O) groups is 1. The fraction of sp³-hybridized carbons (Fsp3) is 0. The molecular formula is C18H12N4O6. The monoisotopic (exact) mass is 380 g/mol. The molecule has 1 N–H and O–H groups in total. The maximum atomic E-state index is 12.0. The number of furan rings is 1. The Morgan fingerprint density at radius 3 is 2.54 bits per heavy atom. The van der Waals surface area contributed by atoms with Crippen molar-refractivity contribution in [2.75, 3.05) is 0 Å². The van der Waals surface area contributed by atoms with E-state index in [4.69, 9.17) is 4.42 Å².